The Balaban J connectivity index is 2.46. The van der Waals surface area contributed by atoms with Crippen LogP contribution in [0.3, 0.4) is 0 Å². The molecule has 4 N–H and O–H groups in total. The summed E-state index contributed by atoms with van der Waals surface area (Å²) < 4.78 is 27.4. The van der Waals surface area contributed by atoms with Gasteiger partial charge in [0.25, 0.3) is 6.43 Å². The molecule has 0 saturated heterocycles. The molecule has 0 aliphatic carbocycles. The zero-order valence-electron chi connectivity index (χ0n) is 14.0. The third-order valence-corrected chi connectivity index (χ3v) is 3.65. The lowest BCUT2D eigenvalue weighted by atomic mass is 10.2. The highest BCUT2D eigenvalue weighted by atomic mass is 19.3. The maximum atomic E-state index is 13.2. The van der Waals surface area contributed by atoms with Gasteiger partial charge in [-0.1, -0.05) is 13.0 Å². The van der Waals surface area contributed by atoms with Crippen molar-refractivity contribution in [2.45, 2.75) is 33.1 Å². The molecule has 0 amide bonds. The number of halogens is 2. The number of allylic oxidation sites excluding steroid dienone is 2. The third-order valence-electron chi connectivity index (χ3n) is 3.65. The quantitative estimate of drug-likeness (QED) is 0.666. The molecule has 0 bridgehead atoms. The van der Waals surface area contributed by atoms with E-state index in [1.165, 1.54) is 0 Å². The van der Waals surface area contributed by atoms with Gasteiger partial charge in [-0.3, -0.25) is 0 Å². The van der Waals surface area contributed by atoms with Crippen molar-refractivity contribution in [2.75, 3.05) is 17.6 Å². The van der Waals surface area contributed by atoms with Gasteiger partial charge in [-0.25, -0.2) is 13.8 Å². The third kappa shape index (κ3) is 3.57. The first-order valence-corrected chi connectivity index (χ1v) is 7.77. The second kappa shape index (κ2) is 7.70. The number of rotatable bonds is 7. The van der Waals surface area contributed by atoms with E-state index >= 15 is 0 Å². The zero-order chi connectivity index (χ0) is 18.6. The number of nitriles is 1. The number of aryl methyl sites for hydroxylation is 1. The van der Waals surface area contributed by atoms with Crippen LogP contribution < -0.4 is 11.1 Å². The van der Waals surface area contributed by atoms with E-state index in [1.807, 2.05) is 13.0 Å². The molecule has 0 radical (unpaired) electrons. The van der Waals surface area contributed by atoms with Gasteiger partial charge in [0.1, 0.15) is 29.0 Å². The molecule has 0 aliphatic heterocycles. The SMILES string of the molecule is C/C=C\C(=N)CCNc1nc2c(CC)c(C(F)F)nn2c(N)c1C#N. The molecule has 0 saturated carbocycles. The molecule has 0 aliphatic rings. The maximum Gasteiger partial charge on any atom is 0.282 e. The van der Waals surface area contributed by atoms with Crippen LogP contribution in [0.2, 0.25) is 0 Å². The monoisotopic (exact) mass is 347 g/mol. The fraction of sp³-hybridized carbons (Fsp3) is 0.375. The van der Waals surface area contributed by atoms with Crippen LogP contribution >= 0.6 is 0 Å². The van der Waals surface area contributed by atoms with Crippen LogP contribution in [0.4, 0.5) is 20.4 Å². The van der Waals surface area contributed by atoms with Gasteiger partial charge in [0.15, 0.2) is 5.65 Å². The highest BCUT2D eigenvalue weighted by Gasteiger charge is 2.24. The Morgan fingerprint density at radius 3 is 2.80 bits per heavy atom. The van der Waals surface area contributed by atoms with Crippen molar-refractivity contribution in [3.05, 3.63) is 29.0 Å². The number of aromatic nitrogens is 3. The van der Waals surface area contributed by atoms with E-state index in [2.05, 4.69) is 15.4 Å². The summed E-state index contributed by atoms with van der Waals surface area (Å²) in [5.74, 6) is 0.163. The summed E-state index contributed by atoms with van der Waals surface area (Å²) in [5.41, 5.74) is 6.54. The molecule has 0 aromatic carbocycles. The number of hydrogen-bond acceptors (Lipinski definition) is 6. The van der Waals surface area contributed by atoms with Crippen molar-refractivity contribution in [3.8, 4) is 6.07 Å². The number of hydrogen-bond donors (Lipinski definition) is 3. The topological polar surface area (TPSA) is 116 Å². The largest absolute Gasteiger partial charge is 0.382 e. The number of nitrogens with one attached hydrogen (secondary N) is 2. The molecule has 2 rings (SSSR count). The van der Waals surface area contributed by atoms with E-state index in [0.717, 1.165) is 4.52 Å². The fourth-order valence-corrected chi connectivity index (χ4v) is 2.48. The van der Waals surface area contributed by atoms with Crippen LogP contribution in [0.5, 0.6) is 0 Å². The van der Waals surface area contributed by atoms with E-state index in [0.29, 0.717) is 30.7 Å². The van der Waals surface area contributed by atoms with Crippen LogP contribution in [-0.4, -0.2) is 26.9 Å². The highest BCUT2D eigenvalue weighted by Crippen LogP contribution is 2.29. The number of nitrogen functional groups attached to an aromatic ring is 1. The lowest BCUT2D eigenvalue weighted by molar-refractivity contribution is 0.144. The van der Waals surface area contributed by atoms with Gasteiger partial charge in [0.2, 0.25) is 0 Å². The summed E-state index contributed by atoms with van der Waals surface area (Å²) in [7, 11) is 0. The highest BCUT2D eigenvalue weighted by molar-refractivity contribution is 5.92. The first-order valence-electron chi connectivity index (χ1n) is 7.77. The van der Waals surface area contributed by atoms with E-state index in [4.69, 9.17) is 11.1 Å². The second-order valence-corrected chi connectivity index (χ2v) is 5.29. The van der Waals surface area contributed by atoms with Crippen molar-refractivity contribution in [2.24, 2.45) is 0 Å². The molecule has 132 valence electrons. The van der Waals surface area contributed by atoms with E-state index in [9.17, 15) is 14.0 Å². The molecule has 0 fully saturated rings. The van der Waals surface area contributed by atoms with E-state index in [1.54, 1.807) is 19.1 Å². The molecule has 0 unspecified atom stereocenters. The summed E-state index contributed by atoms with van der Waals surface area (Å²) in [6.07, 6.45) is 1.41. The normalized spacial score (nSPS) is 11.4. The van der Waals surface area contributed by atoms with Crippen molar-refractivity contribution in [1.82, 2.24) is 14.6 Å². The molecule has 7 nitrogen and oxygen atoms in total. The number of nitrogens with two attached hydrogens (primary N) is 1. The zero-order valence-corrected chi connectivity index (χ0v) is 14.0. The predicted molar refractivity (Wildman–Crippen MR) is 92.1 cm³/mol. The Hall–Kier alpha value is -3.02. The average Bonchev–Trinajstić information content (AvgIpc) is 2.94. The van der Waals surface area contributed by atoms with Crippen molar-refractivity contribution >= 4 is 23.0 Å². The Morgan fingerprint density at radius 2 is 2.24 bits per heavy atom. The van der Waals surface area contributed by atoms with Crippen molar-refractivity contribution < 1.29 is 8.78 Å². The Bertz CT molecular complexity index is 862. The number of fused-ring (bicyclic) bond motifs is 1. The molecule has 25 heavy (non-hydrogen) atoms. The molecule has 9 heteroatoms. The molecule has 0 spiro atoms. The van der Waals surface area contributed by atoms with Gasteiger partial charge < -0.3 is 16.5 Å². The van der Waals surface area contributed by atoms with Gasteiger partial charge >= 0.3 is 0 Å². The summed E-state index contributed by atoms with van der Waals surface area (Å²) >= 11 is 0. The van der Waals surface area contributed by atoms with Crippen LogP contribution in [0.25, 0.3) is 5.65 Å². The first-order chi connectivity index (χ1) is 11.9. The van der Waals surface area contributed by atoms with Crippen LogP contribution in [-0.2, 0) is 6.42 Å². The molecule has 2 aromatic rings. The Morgan fingerprint density at radius 1 is 1.52 bits per heavy atom. The molecule has 2 heterocycles. The molecule has 2 aromatic heterocycles. The smallest absolute Gasteiger partial charge is 0.282 e. The summed E-state index contributed by atoms with van der Waals surface area (Å²) in [4.78, 5) is 4.29. The van der Waals surface area contributed by atoms with Gasteiger partial charge in [-0.2, -0.15) is 14.9 Å². The number of anilines is 2. The van der Waals surface area contributed by atoms with Crippen LogP contribution in [0.15, 0.2) is 12.2 Å². The standard InChI is InChI=1S/C16H19F2N7/c1-3-5-9(20)6-7-22-15-11(8-19)14(21)25-16(23-15)10(4-2)12(24-25)13(17)18/h3,5,13,20H,4,6-7,21H2,1-2H3,(H,22,23)/b5-3-,20-9?. The van der Waals surface area contributed by atoms with Gasteiger partial charge in [-0.05, 0) is 19.4 Å². The Labute approximate surface area is 143 Å². The molecule has 0 atom stereocenters. The average molecular weight is 347 g/mol. The van der Waals surface area contributed by atoms with Crippen LogP contribution in [0.1, 0.15) is 43.5 Å². The Kier molecular flexibility index (Phi) is 5.64. The number of alkyl halides is 2. The predicted octanol–water partition coefficient (Wildman–Crippen LogP) is 3.08. The number of nitrogens with zero attached hydrogens (tertiary/aromatic N) is 4. The lowest BCUT2D eigenvalue weighted by Gasteiger charge is -2.10. The molecular formula is C16H19F2N7. The van der Waals surface area contributed by atoms with Gasteiger partial charge in [0.05, 0.1) is 0 Å². The summed E-state index contributed by atoms with van der Waals surface area (Å²) in [5, 5.41) is 23.8. The first kappa shape index (κ1) is 18.3. The lowest BCUT2D eigenvalue weighted by Crippen LogP contribution is -2.12. The van der Waals surface area contributed by atoms with Gasteiger partial charge in [-0.15, -0.1) is 0 Å². The van der Waals surface area contributed by atoms with Crippen LogP contribution in [0, 0.1) is 16.7 Å². The van der Waals surface area contributed by atoms with E-state index < -0.39 is 6.43 Å². The van der Waals surface area contributed by atoms with Crippen molar-refractivity contribution in [1.29, 1.82) is 10.7 Å². The fourth-order valence-electron chi connectivity index (χ4n) is 2.48. The minimum Gasteiger partial charge on any atom is -0.382 e. The summed E-state index contributed by atoms with van der Waals surface area (Å²) in [6, 6.07) is 1.93. The van der Waals surface area contributed by atoms with Gasteiger partial charge in [0, 0.05) is 24.2 Å². The maximum absolute atomic E-state index is 13.2. The van der Waals surface area contributed by atoms with Crippen molar-refractivity contribution in [3.63, 3.8) is 0 Å². The molecular weight excluding hydrogens is 328 g/mol. The second-order valence-electron chi connectivity index (χ2n) is 5.29. The summed E-state index contributed by atoms with van der Waals surface area (Å²) in [6.45, 7) is 3.90. The van der Waals surface area contributed by atoms with E-state index in [-0.39, 0.29) is 28.5 Å². The minimum absolute atomic E-state index is 0.0380. The minimum atomic E-state index is -2.75.